The summed E-state index contributed by atoms with van der Waals surface area (Å²) in [6.07, 6.45) is 6.40. The summed E-state index contributed by atoms with van der Waals surface area (Å²) in [5, 5.41) is 2.55. The molecule has 0 rings (SSSR count). The van der Waals surface area contributed by atoms with E-state index in [-0.39, 0.29) is 23.7 Å². The topological polar surface area (TPSA) is 88.1 Å². The maximum absolute atomic E-state index is 11.9. The lowest BCUT2D eigenvalue weighted by Gasteiger charge is -2.18. The third-order valence-corrected chi connectivity index (χ3v) is 4.34. The minimum Gasteiger partial charge on any atom is -0.466 e. The van der Waals surface area contributed by atoms with Crippen molar-refractivity contribution in [3.8, 4) is 0 Å². The van der Waals surface area contributed by atoms with E-state index in [0.717, 1.165) is 25.7 Å². The van der Waals surface area contributed by atoms with Crippen molar-refractivity contribution in [2.75, 3.05) is 20.7 Å². The summed E-state index contributed by atoms with van der Waals surface area (Å²) < 4.78 is 5.16. The van der Waals surface area contributed by atoms with Crippen LogP contribution < -0.4 is 5.32 Å². The summed E-state index contributed by atoms with van der Waals surface area (Å²) in [6, 6.07) is 0. The molecule has 0 saturated heterocycles. The fourth-order valence-electron chi connectivity index (χ4n) is 2.34. The van der Waals surface area contributed by atoms with Crippen LogP contribution in [0.15, 0.2) is 16.4 Å². The van der Waals surface area contributed by atoms with Crippen molar-refractivity contribution in [3.05, 3.63) is 11.4 Å². The number of amides is 2. The number of carbonyl (C=O) groups is 3. The molecule has 154 valence electrons. The Labute approximate surface area is 163 Å². The molecule has 0 saturated carbocycles. The van der Waals surface area contributed by atoms with E-state index in [4.69, 9.17) is 4.74 Å². The van der Waals surface area contributed by atoms with Crippen molar-refractivity contribution in [2.45, 2.75) is 66.2 Å². The summed E-state index contributed by atoms with van der Waals surface area (Å²) in [5.41, 5.74) is 0.376. The number of rotatable bonds is 12. The van der Waals surface area contributed by atoms with Crippen LogP contribution in [0.5, 0.6) is 0 Å². The predicted octanol–water partition coefficient (Wildman–Crippen LogP) is 3.05. The van der Waals surface area contributed by atoms with Gasteiger partial charge in [-0.15, -0.1) is 0 Å². The molecule has 0 aromatic heterocycles. The van der Waals surface area contributed by atoms with E-state index < -0.39 is 0 Å². The van der Waals surface area contributed by atoms with Crippen molar-refractivity contribution in [1.82, 2.24) is 10.2 Å². The van der Waals surface area contributed by atoms with Crippen LogP contribution in [0, 0.1) is 5.92 Å². The highest BCUT2D eigenvalue weighted by molar-refractivity contribution is 5.94. The minimum absolute atomic E-state index is 0.154. The fourth-order valence-corrected chi connectivity index (χ4v) is 2.34. The fraction of sp³-hybridized carbons (Fsp3) is 0.700. The Balaban J connectivity index is 4.91. The van der Waals surface area contributed by atoms with Gasteiger partial charge >= 0.3 is 5.97 Å². The molecule has 0 fully saturated rings. The molecule has 27 heavy (non-hydrogen) atoms. The van der Waals surface area contributed by atoms with E-state index in [1.165, 1.54) is 18.9 Å². The van der Waals surface area contributed by atoms with Crippen LogP contribution in [0.1, 0.15) is 66.2 Å². The Kier molecular flexibility index (Phi) is 12.8. The molecule has 2 amide bonds. The molecule has 0 aliphatic heterocycles. The van der Waals surface area contributed by atoms with Crippen LogP contribution in [0.2, 0.25) is 0 Å². The van der Waals surface area contributed by atoms with E-state index in [9.17, 15) is 14.4 Å². The van der Waals surface area contributed by atoms with Gasteiger partial charge in [0.1, 0.15) is 5.82 Å². The van der Waals surface area contributed by atoms with Gasteiger partial charge in [-0.05, 0) is 38.5 Å². The van der Waals surface area contributed by atoms with Crippen molar-refractivity contribution in [3.63, 3.8) is 0 Å². The first kappa shape index (κ1) is 24.8. The average Bonchev–Trinajstić information content (AvgIpc) is 2.65. The summed E-state index contributed by atoms with van der Waals surface area (Å²) >= 11 is 0. The minimum atomic E-state index is -0.280. The molecule has 0 radical (unpaired) electrons. The zero-order valence-electron chi connectivity index (χ0n) is 17.6. The Morgan fingerprint density at radius 3 is 2.37 bits per heavy atom. The first-order valence-corrected chi connectivity index (χ1v) is 9.65. The SMILES string of the molecule is CCCCOC(=O)CCCC(/C=N\C(=C(/C)C(=O)NC)N(C)C(C)=O)CC. The Morgan fingerprint density at radius 2 is 1.85 bits per heavy atom. The zero-order chi connectivity index (χ0) is 20.8. The summed E-state index contributed by atoms with van der Waals surface area (Å²) in [4.78, 5) is 41.1. The van der Waals surface area contributed by atoms with Crippen LogP contribution in [0.25, 0.3) is 0 Å². The molecule has 1 unspecified atom stereocenters. The number of esters is 1. The van der Waals surface area contributed by atoms with Gasteiger partial charge in [0.2, 0.25) is 11.8 Å². The van der Waals surface area contributed by atoms with Gasteiger partial charge < -0.3 is 10.1 Å². The van der Waals surface area contributed by atoms with E-state index in [2.05, 4.69) is 17.2 Å². The van der Waals surface area contributed by atoms with Gasteiger partial charge in [-0.3, -0.25) is 19.3 Å². The monoisotopic (exact) mass is 381 g/mol. The number of nitrogens with one attached hydrogen (secondary N) is 1. The molecular weight excluding hydrogens is 346 g/mol. The molecule has 0 aliphatic carbocycles. The molecular formula is C20H35N3O4. The highest BCUT2D eigenvalue weighted by Gasteiger charge is 2.16. The van der Waals surface area contributed by atoms with Gasteiger partial charge in [-0.2, -0.15) is 0 Å². The number of carbonyl (C=O) groups excluding carboxylic acids is 3. The maximum Gasteiger partial charge on any atom is 0.305 e. The van der Waals surface area contributed by atoms with E-state index in [0.29, 0.717) is 30.8 Å². The molecule has 0 aromatic carbocycles. The third kappa shape index (κ3) is 9.92. The van der Waals surface area contributed by atoms with Crippen LogP contribution in [-0.4, -0.2) is 49.6 Å². The van der Waals surface area contributed by atoms with Crippen LogP contribution in [0.3, 0.4) is 0 Å². The van der Waals surface area contributed by atoms with Gasteiger partial charge in [0, 0.05) is 33.7 Å². The third-order valence-electron chi connectivity index (χ3n) is 4.34. The molecule has 1 N–H and O–H groups in total. The molecule has 7 heteroatoms. The smallest absolute Gasteiger partial charge is 0.305 e. The standard InChI is InChI=1S/C20H35N3O4/c1-7-9-13-27-18(25)12-10-11-17(8-2)14-22-19(23(6)16(4)24)15(3)20(26)21-5/h14,17H,7-13H2,1-6H3,(H,21,26)/b19-15-,22-14-. The van der Waals surface area contributed by atoms with E-state index >= 15 is 0 Å². The quantitative estimate of drug-likeness (QED) is 0.244. The van der Waals surface area contributed by atoms with Gasteiger partial charge in [0.15, 0.2) is 0 Å². The van der Waals surface area contributed by atoms with Gasteiger partial charge in [-0.1, -0.05) is 20.3 Å². The lowest BCUT2D eigenvalue weighted by molar-refractivity contribution is -0.144. The van der Waals surface area contributed by atoms with Gasteiger partial charge in [0.05, 0.1) is 12.2 Å². The average molecular weight is 382 g/mol. The molecule has 0 spiro atoms. The number of ether oxygens (including phenoxy) is 1. The molecule has 0 bridgehead atoms. The van der Waals surface area contributed by atoms with E-state index in [1.807, 2.05) is 6.92 Å². The second kappa shape index (κ2) is 13.9. The number of aliphatic imine (C=N–C) groups is 1. The first-order valence-electron chi connectivity index (χ1n) is 9.65. The lowest BCUT2D eigenvalue weighted by atomic mass is 10.0. The molecule has 7 nitrogen and oxygen atoms in total. The normalized spacial score (nSPS) is 13.1. The number of hydrogen-bond donors (Lipinski definition) is 1. The van der Waals surface area contributed by atoms with Crippen LogP contribution in [-0.2, 0) is 19.1 Å². The van der Waals surface area contributed by atoms with E-state index in [1.54, 1.807) is 20.2 Å². The van der Waals surface area contributed by atoms with Gasteiger partial charge in [-0.25, -0.2) is 4.99 Å². The van der Waals surface area contributed by atoms with Crippen LogP contribution >= 0.6 is 0 Å². The second-order valence-electron chi connectivity index (χ2n) is 6.52. The number of unbranched alkanes of at least 4 members (excludes halogenated alkanes) is 1. The maximum atomic E-state index is 11.9. The van der Waals surface area contributed by atoms with Crippen molar-refractivity contribution in [2.24, 2.45) is 10.9 Å². The Hall–Kier alpha value is -2.18. The van der Waals surface area contributed by atoms with Crippen molar-refractivity contribution >= 4 is 24.0 Å². The Morgan fingerprint density at radius 1 is 1.19 bits per heavy atom. The lowest BCUT2D eigenvalue weighted by Crippen LogP contribution is -2.28. The highest BCUT2D eigenvalue weighted by Crippen LogP contribution is 2.15. The second-order valence-corrected chi connectivity index (χ2v) is 6.52. The van der Waals surface area contributed by atoms with Crippen molar-refractivity contribution < 1.29 is 19.1 Å². The largest absolute Gasteiger partial charge is 0.466 e. The summed E-state index contributed by atoms with van der Waals surface area (Å²) in [6.45, 7) is 7.64. The zero-order valence-corrected chi connectivity index (χ0v) is 17.6. The number of likely N-dealkylation sites (N-methyl/N-ethyl adjacent to an activating group) is 1. The first-order chi connectivity index (χ1) is 12.8. The predicted molar refractivity (Wildman–Crippen MR) is 107 cm³/mol. The molecule has 0 heterocycles. The number of hydrogen-bond acceptors (Lipinski definition) is 5. The Bertz CT molecular complexity index is 555. The molecule has 1 atom stereocenters. The number of nitrogens with zero attached hydrogens (tertiary/aromatic N) is 2. The highest BCUT2D eigenvalue weighted by atomic mass is 16.5. The van der Waals surface area contributed by atoms with Crippen molar-refractivity contribution in [1.29, 1.82) is 0 Å². The molecule has 0 aliphatic rings. The van der Waals surface area contributed by atoms with Crippen LogP contribution in [0.4, 0.5) is 0 Å². The molecule has 0 aromatic rings. The summed E-state index contributed by atoms with van der Waals surface area (Å²) in [5.74, 6) is -0.158. The van der Waals surface area contributed by atoms with Gasteiger partial charge in [0.25, 0.3) is 0 Å². The summed E-state index contributed by atoms with van der Waals surface area (Å²) in [7, 11) is 3.13.